The van der Waals surface area contributed by atoms with Gasteiger partial charge in [0.25, 0.3) is 0 Å². The summed E-state index contributed by atoms with van der Waals surface area (Å²) in [7, 11) is 3.22. The highest BCUT2D eigenvalue weighted by Crippen LogP contribution is 2.23. The fourth-order valence-corrected chi connectivity index (χ4v) is 2.18. The lowest BCUT2D eigenvalue weighted by Crippen LogP contribution is -2.01. The predicted molar refractivity (Wildman–Crippen MR) is 91.3 cm³/mol. The van der Waals surface area contributed by atoms with Gasteiger partial charge in [0.1, 0.15) is 12.4 Å². The summed E-state index contributed by atoms with van der Waals surface area (Å²) in [5.41, 5.74) is 1.93. The molecule has 0 spiro atoms. The molecule has 0 saturated heterocycles. The van der Waals surface area contributed by atoms with Crippen molar-refractivity contribution in [3.05, 3.63) is 66.2 Å². The number of ether oxygens (including phenoxy) is 3. The van der Waals surface area contributed by atoms with Crippen molar-refractivity contribution in [1.29, 1.82) is 0 Å². The van der Waals surface area contributed by atoms with Gasteiger partial charge < -0.3 is 14.2 Å². The monoisotopic (exact) mass is 322 g/mol. The number of hydrogen-bond donors (Lipinski definition) is 0. The third-order valence-electron chi connectivity index (χ3n) is 3.47. The van der Waals surface area contributed by atoms with E-state index in [2.05, 4.69) is 9.97 Å². The molecule has 0 aliphatic carbocycles. The first-order valence-electron chi connectivity index (χ1n) is 7.52. The van der Waals surface area contributed by atoms with Crippen LogP contribution >= 0.6 is 0 Å². The molecule has 2 aromatic carbocycles. The Morgan fingerprint density at radius 3 is 2.17 bits per heavy atom. The number of rotatable bonds is 6. The Balaban J connectivity index is 1.79. The van der Waals surface area contributed by atoms with Crippen LogP contribution in [0.25, 0.3) is 11.4 Å². The van der Waals surface area contributed by atoms with Crippen LogP contribution in [-0.2, 0) is 6.61 Å². The first-order chi connectivity index (χ1) is 11.8. The maximum atomic E-state index is 5.80. The Kier molecular flexibility index (Phi) is 4.91. The van der Waals surface area contributed by atoms with Crippen LogP contribution in [0.5, 0.6) is 17.5 Å². The average Bonchev–Trinajstić information content (AvgIpc) is 2.67. The maximum absolute atomic E-state index is 5.80. The topological polar surface area (TPSA) is 53.5 Å². The summed E-state index contributed by atoms with van der Waals surface area (Å²) >= 11 is 0. The molecule has 0 saturated carbocycles. The highest BCUT2D eigenvalue weighted by molar-refractivity contribution is 5.55. The molecule has 0 aliphatic heterocycles. The van der Waals surface area contributed by atoms with Crippen molar-refractivity contribution < 1.29 is 14.2 Å². The minimum absolute atomic E-state index is 0.401. The lowest BCUT2D eigenvalue weighted by atomic mass is 10.2. The summed E-state index contributed by atoms with van der Waals surface area (Å²) in [6, 6.07) is 19.1. The normalized spacial score (nSPS) is 10.2. The zero-order valence-corrected chi connectivity index (χ0v) is 13.6. The largest absolute Gasteiger partial charge is 0.497 e. The summed E-state index contributed by atoms with van der Waals surface area (Å²) in [6.07, 6.45) is 0. The van der Waals surface area contributed by atoms with Gasteiger partial charge in [0.15, 0.2) is 5.82 Å². The highest BCUT2D eigenvalue weighted by atomic mass is 16.5. The molecule has 5 heteroatoms. The fourth-order valence-electron chi connectivity index (χ4n) is 2.18. The van der Waals surface area contributed by atoms with Crippen molar-refractivity contribution in [2.75, 3.05) is 14.2 Å². The summed E-state index contributed by atoms with van der Waals surface area (Å²) < 4.78 is 16.2. The van der Waals surface area contributed by atoms with Crippen molar-refractivity contribution in [3.8, 4) is 28.9 Å². The molecule has 0 atom stereocenters. The minimum atomic E-state index is 0.401. The molecule has 0 N–H and O–H groups in total. The Hall–Kier alpha value is -3.08. The van der Waals surface area contributed by atoms with Crippen molar-refractivity contribution in [2.45, 2.75) is 6.61 Å². The molecule has 1 heterocycles. The second-order valence-corrected chi connectivity index (χ2v) is 5.07. The van der Waals surface area contributed by atoms with E-state index in [0.29, 0.717) is 24.2 Å². The van der Waals surface area contributed by atoms with E-state index in [4.69, 9.17) is 14.2 Å². The third kappa shape index (κ3) is 3.81. The van der Waals surface area contributed by atoms with Gasteiger partial charge in [-0.05, 0) is 17.7 Å². The molecule has 122 valence electrons. The summed E-state index contributed by atoms with van der Waals surface area (Å²) in [5.74, 6) is 2.32. The third-order valence-corrected chi connectivity index (χ3v) is 3.47. The molecule has 0 fully saturated rings. The van der Waals surface area contributed by atoms with Gasteiger partial charge in [-0.15, -0.1) is 0 Å². The molecular formula is C19H18N2O3. The Morgan fingerprint density at radius 2 is 1.50 bits per heavy atom. The van der Waals surface area contributed by atoms with Gasteiger partial charge in [-0.1, -0.05) is 42.5 Å². The second kappa shape index (κ2) is 7.46. The van der Waals surface area contributed by atoms with Crippen LogP contribution in [0.15, 0.2) is 60.7 Å². The summed E-state index contributed by atoms with van der Waals surface area (Å²) in [4.78, 5) is 8.83. The standard InChI is InChI=1S/C19H18N2O3/c1-22-16-10-8-14(9-11-16)13-24-18-12-17(23-2)20-19(21-18)15-6-4-3-5-7-15/h3-12H,13H2,1-2H3. The lowest BCUT2D eigenvalue weighted by molar-refractivity contribution is 0.289. The van der Waals surface area contributed by atoms with Gasteiger partial charge >= 0.3 is 0 Å². The van der Waals surface area contributed by atoms with Crippen LogP contribution in [0.3, 0.4) is 0 Å². The zero-order valence-electron chi connectivity index (χ0n) is 13.6. The van der Waals surface area contributed by atoms with Crippen LogP contribution in [0.2, 0.25) is 0 Å². The molecule has 24 heavy (non-hydrogen) atoms. The van der Waals surface area contributed by atoms with E-state index in [1.54, 1.807) is 20.3 Å². The molecule has 0 radical (unpaired) electrons. The van der Waals surface area contributed by atoms with Crippen LogP contribution in [0.1, 0.15) is 5.56 Å². The van der Waals surface area contributed by atoms with Gasteiger partial charge in [-0.2, -0.15) is 9.97 Å². The van der Waals surface area contributed by atoms with Crippen molar-refractivity contribution in [1.82, 2.24) is 9.97 Å². The second-order valence-electron chi connectivity index (χ2n) is 5.07. The van der Waals surface area contributed by atoms with Gasteiger partial charge in [-0.3, -0.25) is 0 Å². The Labute approximate surface area is 140 Å². The fraction of sp³-hybridized carbons (Fsp3) is 0.158. The zero-order chi connectivity index (χ0) is 16.8. The molecule has 0 amide bonds. The molecule has 3 aromatic rings. The van der Waals surface area contributed by atoms with E-state index in [1.165, 1.54) is 0 Å². The number of benzene rings is 2. The SMILES string of the molecule is COc1ccc(COc2cc(OC)nc(-c3ccccc3)n2)cc1. The Bertz CT molecular complexity index is 789. The van der Waals surface area contributed by atoms with E-state index >= 15 is 0 Å². The molecule has 0 aliphatic rings. The van der Waals surface area contributed by atoms with Crippen molar-refractivity contribution in [3.63, 3.8) is 0 Å². The van der Waals surface area contributed by atoms with Crippen molar-refractivity contribution >= 4 is 0 Å². The van der Waals surface area contributed by atoms with E-state index in [-0.39, 0.29) is 0 Å². The minimum Gasteiger partial charge on any atom is -0.497 e. The quantitative estimate of drug-likeness (QED) is 0.692. The van der Waals surface area contributed by atoms with Crippen LogP contribution < -0.4 is 14.2 Å². The van der Waals surface area contributed by atoms with E-state index < -0.39 is 0 Å². The lowest BCUT2D eigenvalue weighted by Gasteiger charge is -2.09. The summed E-state index contributed by atoms with van der Waals surface area (Å²) in [5, 5.41) is 0. The van der Waals surface area contributed by atoms with Crippen molar-refractivity contribution in [2.24, 2.45) is 0 Å². The first kappa shape index (κ1) is 15.8. The number of nitrogens with zero attached hydrogens (tertiary/aromatic N) is 2. The van der Waals surface area contributed by atoms with Gasteiger partial charge in [0.2, 0.25) is 11.8 Å². The predicted octanol–water partition coefficient (Wildman–Crippen LogP) is 3.74. The smallest absolute Gasteiger partial charge is 0.221 e. The van der Waals surface area contributed by atoms with Gasteiger partial charge in [0.05, 0.1) is 20.3 Å². The van der Waals surface area contributed by atoms with Crippen LogP contribution in [0, 0.1) is 0 Å². The molecule has 5 nitrogen and oxygen atoms in total. The maximum Gasteiger partial charge on any atom is 0.221 e. The molecule has 1 aromatic heterocycles. The van der Waals surface area contributed by atoms with Gasteiger partial charge in [0, 0.05) is 5.56 Å². The number of methoxy groups -OCH3 is 2. The molecule has 3 rings (SSSR count). The van der Waals surface area contributed by atoms with E-state index in [0.717, 1.165) is 16.9 Å². The highest BCUT2D eigenvalue weighted by Gasteiger charge is 2.08. The molecular weight excluding hydrogens is 304 g/mol. The average molecular weight is 322 g/mol. The van der Waals surface area contributed by atoms with E-state index in [1.807, 2.05) is 54.6 Å². The van der Waals surface area contributed by atoms with Crippen LogP contribution in [0.4, 0.5) is 0 Å². The molecule has 0 unspecified atom stereocenters. The van der Waals surface area contributed by atoms with Crippen LogP contribution in [-0.4, -0.2) is 24.2 Å². The Morgan fingerprint density at radius 1 is 0.792 bits per heavy atom. The summed E-state index contributed by atoms with van der Waals surface area (Å²) in [6.45, 7) is 0.401. The molecule has 0 bridgehead atoms. The van der Waals surface area contributed by atoms with E-state index in [9.17, 15) is 0 Å². The van der Waals surface area contributed by atoms with Gasteiger partial charge in [-0.25, -0.2) is 0 Å². The number of aromatic nitrogens is 2. The number of hydrogen-bond acceptors (Lipinski definition) is 5. The first-order valence-corrected chi connectivity index (χ1v) is 7.52.